The fourth-order valence-corrected chi connectivity index (χ4v) is 2.70. The number of aromatic nitrogens is 3. The number of amides is 2. The molecule has 0 fully saturated rings. The van der Waals surface area contributed by atoms with Gasteiger partial charge in [-0.05, 0) is 44.2 Å². The van der Waals surface area contributed by atoms with Crippen LogP contribution in [0, 0.1) is 19.7 Å². The highest BCUT2D eigenvalue weighted by Crippen LogP contribution is 2.20. The summed E-state index contributed by atoms with van der Waals surface area (Å²) in [5.41, 5.74) is 2.81. The monoisotopic (exact) mass is 381 g/mol. The third-order valence-electron chi connectivity index (χ3n) is 4.25. The van der Waals surface area contributed by atoms with E-state index in [1.165, 1.54) is 17.0 Å². The number of nitrogens with zero attached hydrogens (tertiary/aromatic N) is 4. The molecule has 0 bridgehead atoms. The number of anilines is 1. The molecule has 0 radical (unpaired) electrons. The highest BCUT2D eigenvalue weighted by atomic mass is 19.1. The Morgan fingerprint density at radius 1 is 1.07 bits per heavy atom. The average molecular weight is 381 g/mol. The van der Waals surface area contributed by atoms with Crippen LogP contribution in [0.5, 0.6) is 0 Å². The topological polar surface area (TPSA) is 80.1 Å². The van der Waals surface area contributed by atoms with Gasteiger partial charge in [-0.15, -0.1) is 5.10 Å². The molecule has 7 nitrogen and oxygen atoms in total. The van der Waals surface area contributed by atoms with Crippen LogP contribution in [0.3, 0.4) is 0 Å². The van der Waals surface area contributed by atoms with E-state index in [-0.39, 0.29) is 16.9 Å². The molecule has 0 saturated heterocycles. The van der Waals surface area contributed by atoms with E-state index in [1.54, 1.807) is 25.7 Å². The highest BCUT2D eigenvalue weighted by molar-refractivity contribution is 6.08. The van der Waals surface area contributed by atoms with E-state index < -0.39 is 17.6 Å². The molecule has 3 aromatic rings. The molecule has 2 amide bonds. The summed E-state index contributed by atoms with van der Waals surface area (Å²) < 4.78 is 15.2. The number of nitrogens with one attached hydrogen (secondary N) is 1. The molecule has 0 spiro atoms. The standard InChI is InChI=1S/C20H20FN5O2/c1-12-5-8-15(9-6-12)26-13(2)18(23-24-26)19(27)22-17-10-7-14(21)11-16(17)20(28)25(3)4/h5-11H,1-4H3,(H,22,27). The van der Waals surface area contributed by atoms with Crippen molar-refractivity contribution in [3.8, 4) is 5.69 Å². The molecule has 0 atom stereocenters. The van der Waals surface area contributed by atoms with Crippen molar-refractivity contribution in [2.24, 2.45) is 0 Å². The first kappa shape index (κ1) is 19.2. The first-order chi connectivity index (χ1) is 13.3. The van der Waals surface area contributed by atoms with Gasteiger partial charge in [-0.2, -0.15) is 0 Å². The van der Waals surface area contributed by atoms with E-state index in [2.05, 4.69) is 15.6 Å². The Kier molecular flexibility index (Phi) is 5.21. The minimum absolute atomic E-state index is 0.0573. The smallest absolute Gasteiger partial charge is 0.278 e. The molecule has 1 N–H and O–H groups in total. The van der Waals surface area contributed by atoms with Crippen LogP contribution in [0.1, 0.15) is 32.1 Å². The summed E-state index contributed by atoms with van der Waals surface area (Å²) >= 11 is 0. The first-order valence-electron chi connectivity index (χ1n) is 8.60. The quantitative estimate of drug-likeness (QED) is 0.753. The van der Waals surface area contributed by atoms with Crippen LogP contribution in [-0.2, 0) is 0 Å². The zero-order chi connectivity index (χ0) is 20.4. The fourth-order valence-electron chi connectivity index (χ4n) is 2.70. The summed E-state index contributed by atoms with van der Waals surface area (Å²) in [5, 5.41) is 10.7. The molecule has 2 aromatic carbocycles. The van der Waals surface area contributed by atoms with Gasteiger partial charge in [-0.1, -0.05) is 22.9 Å². The molecule has 3 rings (SSSR count). The lowest BCUT2D eigenvalue weighted by Gasteiger charge is -2.14. The van der Waals surface area contributed by atoms with Crippen molar-refractivity contribution in [1.29, 1.82) is 0 Å². The second kappa shape index (κ2) is 7.59. The number of aryl methyl sites for hydroxylation is 1. The maximum atomic E-state index is 13.6. The van der Waals surface area contributed by atoms with E-state index in [0.29, 0.717) is 5.69 Å². The molecular formula is C20H20FN5O2. The van der Waals surface area contributed by atoms with Gasteiger partial charge in [0, 0.05) is 14.1 Å². The van der Waals surface area contributed by atoms with Crippen LogP contribution in [0.15, 0.2) is 42.5 Å². The average Bonchev–Trinajstić information content (AvgIpc) is 3.04. The van der Waals surface area contributed by atoms with Crippen LogP contribution in [0.4, 0.5) is 10.1 Å². The summed E-state index contributed by atoms with van der Waals surface area (Å²) in [4.78, 5) is 26.3. The number of hydrogen-bond acceptors (Lipinski definition) is 4. The van der Waals surface area contributed by atoms with Gasteiger partial charge in [-0.25, -0.2) is 9.07 Å². The number of benzene rings is 2. The maximum Gasteiger partial charge on any atom is 0.278 e. The molecule has 0 aliphatic rings. The predicted octanol–water partition coefficient (Wildman–Crippen LogP) is 2.98. The normalized spacial score (nSPS) is 10.6. The molecule has 1 aromatic heterocycles. The first-order valence-corrected chi connectivity index (χ1v) is 8.60. The number of halogens is 1. The zero-order valence-electron chi connectivity index (χ0n) is 16.0. The Bertz CT molecular complexity index is 1040. The van der Waals surface area contributed by atoms with Crippen molar-refractivity contribution < 1.29 is 14.0 Å². The number of rotatable bonds is 4. The molecular weight excluding hydrogens is 361 g/mol. The zero-order valence-corrected chi connectivity index (χ0v) is 16.0. The Balaban J connectivity index is 1.91. The van der Waals surface area contributed by atoms with Crippen molar-refractivity contribution >= 4 is 17.5 Å². The maximum absolute atomic E-state index is 13.6. The van der Waals surface area contributed by atoms with Gasteiger partial charge in [-0.3, -0.25) is 9.59 Å². The Morgan fingerprint density at radius 3 is 2.39 bits per heavy atom. The lowest BCUT2D eigenvalue weighted by Crippen LogP contribution is -2.24. The van der Waals surface area contributed by atoms with Crippen LogP contribution in [0.2, 0.25) is 0 Å². The van der Waals surface area contributed by atoms with Crippen LogP contribution in [0.25, 0.3) is 5.69 Å². The van der Waals surface area contributed by atoms with Gasteiger partial charge in [0.1, 0.15) is 5.82 Å². The SMILES string of the molecule is Cc1ccc(-n2nnc(C(=O)Nc3ccc(F)cc3C(=O)N(C)C)c2C)cc1. The Morgan fingerprint density at radius 2 is 1.75 bits per heavy atom. The van der Waals surface area contributed by atoms with Crippen molar-refractivity contribution in [3.05, 3.63) is 70.8 Å². The predicted molar refractivity (Wildman–Crippen MR) is 103 cm³/mol. The summed E-state index contributed by atoms with van der Waals surface area (Å²) in [5.74, 6) is -1.52. The Labute approximate surface area is 161 Å². The molecule has 144 valence electrons. The molecule has 0 saturated carbocycles. The van der Waals surface area contributed by atoms with Gasteiger partial charge < -0.3 is 10.2 Å². The van der Waals surface area contributed by atoms with Crippen LogP contribution >= 0.6 is 0 Å². The molecule has 0 aliphatic carbocycles. The van der Waals surface area contributed by atoms with Crippen molar-refractivity contribution in [3.63, 3.8) is 0 Å². The van der Waals surface area contributed by atoms with Gasteiger partial charge in [0.25, 0.3) is 11.8 Å². The van der Waals surface area contributed by atoms with E-state index in [1.807, 2.05) is 31.2 Å². The molecule has 1 heterocycles. The molecule has 0 unspecified atom stereocenters. The lowest BCUT2D eigenvalue weighted by molar-refractivity contribution is 0.0828. The van der Waals surface area contributed by atoms with Crippen LogP contribution < -0.4 is 5.32 Å². The minimum atomic E-state index is -0.565. The summed E-state index contributed by atoms with van der Waals surface area (Å²) in [7, 11) is 3.10. The van der Waals surface area contributed by atoms with Crippen molar-refractivity contribution in [2.45, 2.75) is 13.8 Å². The summed E-state index contributed by atoms with van der Waals surface area (Å²) in [6.07, 6.45) is 0. The van der Waals surface area contributed by atoms with E-state index in [9.17, 15) is 14.0 Å². The van der Waals surface area contributed by atoms with Gasteiger partial charge >= 0.3 is 0 Å². The number of hydrogen-bond donors (Lipinski definition) is 1. The lowest BCUT2D eigenvalue weighted by atomic mass is 10.1. The van der Waals surface area contributed by atoms with Crippen molar-refractivity contribution in [2.75, 3.05) is 19.4 Å². The summed E-state index contributed by atoms with van der Waals surface area (Å²) in [6, 6.07) is 11.3. The summed E-state index contributed by atoms with van der Waals surface area (Å²) in [6.45, 7) is 3.71. The largest absolute Gasteiger partial charge is 0.345 e. The third-order valence-corrected chi connectivity index (χ3v) is 4.25. The van der Waals surface area contributed by atoms with E-state index >= 15 is 0 Å². The second-order valence-electron chi connectivity index (χ2n) is 6.61. The highest BCUT2D eigenvalue weighted by Gasteiger charge is 2.21. The second-order valence-corrected chi connectivity index (χ2v) is 6.61. The van der Waals surface area contributed by atoms with Crippen molar-refractivity contribution in [1.82, 2.24) is 19.9 Å². The third kappa shape index (κ3) is 3.75. The number of carbonyl (C=O) groups is 2. The van der Waals surface area contributed by atoms with Gasteiger partial charge in [0.15, 0.2) is 5.69 Å². The van der Waals surface area contributed by atoms with E-state index in [4.69, 9.17) is 0 Å². The minimum Gasteiger partial charge on any atom is -0.345 e. The fraction of sp³-hybridized carbons (Fsp3) is 0.200. The van der Waals surface area contributed by atoms with Gasteiger partial charge in [0.05, 0.1) is 22.6 Å². The number of carbonyl (C=O) groups excluding carboxylic acids is 2. The van der Waals surface area contributed by atoms with Gasteiger partial charge in [0.2, 0.25) is 0 Å². The van der Waals surface area contributed by atoms with Crippen LogP contribution in [-0.4, -0.2) is 45.8 Å². The molecule has 28 heavy (non-hydrogen) atoms. The molecule has 8 heteroatoms. The Hall–Kier alpha value is -3.55. The molecule has 0 aliphatic heterocycles. The van der Waals surface area contributed by atoms with E-state index in [0.717, 1.165) is 17.3 Å².